The topological polar surface area (TPSA) is 105 Å². The molecule has 0 amide bonds. The fraction of sp³-hybridized carbons (Fsp3) is 0.348. The van der Waals surface area contributed by atoms with Gasteiger partial charge in [-0.05, 0) is 30.7 Å². The summed E-state index contributed by atoms with van der Waals surface area (Å²) < 4.78 is 47.2. The first-order chi connectivity index (χ1) is 16.3. The van der Waals surface area contributed by atoms with E-state index in [-0.39, 0.29) is 23.8 Å². The zero-order valence-corrected chi connectivity index (χ0v) is 18.5. The first-order valence-corrected chi connectivity index (χ1v) is 10.8. The average Bonchev–Trinajstić information content (AvgIpc) is 2.79. The molecule has 34 heavy (non-hydrogen) atoms. The Hall–Kier alpha value is -3.57. The monoisotopic (exact) mass is 471 g/mol. The van der Waals surface area contributed by atoms with Crippen LogP contribution in [0.4, 0.5) is 14.6 Å². The van der Waals surface area contributed by atoms with E-state index in [1.165, 1.54) is 16.8 Å². The van der Waals surface area contributed by atoms with Gasteiger partial charge in [0.2, 0.25) is 5.88 Å². The smallest absolute Gasteiger partial charge is 0.352 e. The highest BCUT2D eigenvalue weighted by atomic mass is 19.1. The molecule has 0 bridgehead atoms. The van der Waals surface area contributed by atoms with Gasteiger partial charge in [-0.3, -0.25) is 9.55 Å². The van der Waals surface area contributed by atoms with Crippen LogP contribution in [-0.4, -0.2) is 40.0 Å². The Morgan fingerprint density at radius 1 is 1.21 bits per heavy atom. The molecule has 2 aromatic heterocycles. The third kappa shape index (κ3) is 4.19. The Kier molecular flexibility index (Phi) is 5.66. The summed E-state index contributed by atoms with van der Waals surface area (Å²) in [5, 5.41) is 0. The highest BCUT2D eigenvalue weighted by Gasteiger charge is 2.41. The predicted molar refractivity (Wildman–Crippen MR) is 118 cm³/mol. The van der Waals surface area contributed by atoms with E-state index >= 15 is 0 Å². The van der Waals surface area contributed by atoms with Crippen LogP contribution in [0, 0.1) is 18.6 Å². The van der Waals surface area contributed by atoms with Gasteiger partial charge in [0.25, 0.3) is 0 Å². The van der Waals surface area contributed by atoms with Gasteiger partial charge in [0.05, 0.1) is 13.2 Å². The molecule has 9 nitrogen and oxygen atoms in total. The highest BCUT2D eigenvalue weighted by molar-refractivity contribution is 5.47. The summed E-state index contributed by atoms with van der Waals surface area (Å²) in [4.78, 5) is 22.5. The van der Waals surface area contributed by atoms with Crippen LogP contribution in [0.5, 0.6) is 17.4 Å². The lowest BCUT2D eigenvalue weighted by atomic mass is 10.0. The molecular formula is C23H23F2N5O4. The van der Waals surface area contributed by atoms with E-state index in [4.69, 9.17) is 19.9 Å². The Morgan fingerprint density at radius 3 is 2.76 bits per heavy atom. The number of halogens is 2. The van der Waals surface area contributed by atoms with Crippen LogP contribution in [0.1, 0.15) is 17.7 Å². The number of nitrogens with zero attached hydrogens (tertiary/aromatic N) is 4. The molecule has 2 aliphatic rings. The molecule has 0 saturated carbocycles. The third-order valence-electron chi connectivity index (χ3n) is 5.89. The maximum absolute atomic E-state index is 14.6. The quantitative estimate of drug-likeness (QED) is 0.605. The maximum Gasteiger partial charge on any atom is 0.352 e. The molecule has 2 aliphatic heterocycles. The zero-order valence-electron chi connectivity index (χ0n) is 18.5. The van der Waals surface area contributed by atoms with Gasteiger partial charge in [-0.15, -0.1) is 0 Å². The summed E-state index contributed by atoms with van der Waals surface area (Å²) >= 11 is 0. The van der Waals surface area contributed by atoms with Gasteiger partial charge in [0.1, 0.15) is 23.8 Å². The number of benzene rings is 1. The summed E-state index contributed by atoms with van der Waals surface area (Å²) in [5.41, 5.74) is 6.16. The average molecular weight is 471 g/mol. The molecule has 11 heteroatoms. The molecule has 0 spiro atoms. The molecule has 1 atom stereocenters. The van der Waals surface area contributed by atoms with E-state index in [1.54, 1.807) is 19.1 Å². The second-order valence-corrected chi connectivity index (χ2v) is 8.36. The molecule has 178 valence electrons. The normalized spacial score (nSPS) is 19.4. The standard InChI is InChI=1S/C23H23F2N5O4/c1-14-8-16(2-4-27-14)34-21-17(24)9-15(10-18(21)25)12-33-19-11-20-29(22(31)28-19)5-3-23(26)13-32-7-6-30(20)23/h2,4,8-11H,3,5-7,12-13,26H2,1H3/t23-/m1/s1. The number of fused-ring (bicyclic) bond motifs is 3. The third-order valence-corrected chi connectivity index (χ3v) is 5.89. The van der Waals surface area contributed by atoms with Crippen molar-refractivity contribution in [3.05, 3.63) is 69.9 Å². The summed E-state index contributed by atoms with van der Waals surface area (Å²) in [7, 11) is 0. The van der Waals surface area contributed by atoms with Crippen molar-refractivity contribution < 1.29 is 23.0 Å². The lowest BCUT2D eigenvalue weighted by Crippen LogP contribution is -2.66. The minimum atomic E-state index is -0.882. The minimum absolute atomic E-state index is 0.0420. The number of hydrogen-bond donors (Lipinski definition) is 1. The van der Waals surface area contributed by atoms with Crippen molar-refractivity contribution >= 4 is 5.82 Å². The van der Waals surface area contributed by atoms with Crippen molar-refractivity contribution in [2.45, 2.75) is 32.2 Å². The molecule has 0 aliphatic carbocycles. The Bertz CT molecular complexity index is 1280. The number of nitrogens with two attached hydrogens (primary N) is 1. The largest absolute Gasteiger partial charge is 0.473 e. The van der Waals surface area contributed by atoms with Gasteiger partial charge in [0.15, 0.2) is 17.4 Å². The number of aromatic nitrogens is 3. The Labute approximate surface area is 193 Å². The Balaban J connectivity index is 1.35. The maximum atomic E-state index is 14.6. The van der Waals surface area contributed by atoms with E-state index in [0.29, 0.717) is 44.2 Å². The van der Waals surface area contributed by atoms with Crippen LogP contribution in [0.25, 0.3) is 0 Å². The summed E-state index contributed by atoms with van der Waals surface area (Å²) in [6.07, 6.45) is 2.04. The van der Waals surface area contributed by atoms with Crippen LogP contribution in [-0.2, 0) is 17.9 Å². The molecule has 0 radical (unpaired) electrons. The predicted octanol–water partition coefficient (Wildman–Crippen LogP) is 2.49. The number of pyridine rings is 1. The molecule has 3 aromatic rings. The number of morpholine rings is 1. The molecule has 5 rings (SSSR count). The summed E-state index contributed by atoms with van der Waals surface area (Å²) in [6.45, 7) is 3.31. The minimum Gasteiger partial charge on any atom is -0.473 e. The molecule has 2 N–H and O–H groups in total. The second kappa shape index (κ2) is 8.65. The van der Waals surface area contributed by atoms with E-state index in [2.05, 4.69) is 9.97 Å². The molecule has 1 saturated heterocycles. The lowest BCUT2D eigenvalue weighted by Gasteiger charge is -2.49. The van der Waals surface area contributed by atoms with Crippen molar-refractivity contribution in [2.75, 3.05) is 24.7 Å². The van der Waals surface area contributed by atoms with Crippen molar-refractivity contribution in [3.63, 3.8) is 0 Å². The van der Waals surface area contributed by atoms with Crippen LogP contribution in [0.2, 0.25) is 0 Å². The van der Waals surface area contributed by atoms with Crippen molar-refractivity contribution in [3.8, 4) is 17.4 Å². The SMILES string of the molecule is Cc1cc(Oc2c(F)cc(COc3cc4n(c(=O)n3)CC[C@]3(N)COCCN43)cc2F)ccn1. The fourth-order valence-corrected chi connectivity index (χ4v) is 4.19. The van der Waals surface area contributed by atoms with Crippen LogP contribution in [0.3, 0.4) is 0 Å². The van der Waals surface area contributed by atoms with Crippen molar-refractivity contribution in [1.82, 2.24) is 14.5 Å². The van der Waals surface area contributed by atoms with Crippen molar-refractivity contribution in [2.24, 2.45) is 5.73 Å². The molecule has 1 fully saturated rings. The number of hydrogen-bond acceptors (Lipinski definition) is 8. The first kappa shape index (κ1) is 22.2. The van der Waals surface area contributed by atoms with Gasteiger partial charge < -0.3 is 24.8 Å². The van der Waals surface area contributed by atoms with Gasteiger partial charge in [-0.2, -0.15) is 4.98 Å². The fourth-order valence-electron chi connectivity index (χ4n) is 4.19. The second-order valence-electron chi connectivity index (χ2n) is 8.36. The number of anilines is 1. The molecular weight excluding hydrogens is 448 g/mol. The lowest BCUT2D eigenvalue weighted by molar-refractivity contribution is 0.0394. The van der Waals surface area contributed by atoms with E-state index in [0.717, 1.165) is 12.1 Å². The molecule has 0 unspecified atom stereocenters. The van der Waals surface area contributed by atoms with Crippen molar-refractivity contribution in [1.29, 1.82) is 0 Å². The van der Waals surface area contributed by atoms with E-state index < -0.39 is 28.7 Å². The highest BCUT2D eigenvalue weighted by Crippen LogP contribution is 2.33. The van der Waals surface area contributed by atoms with Gasteiger partial charge >= 0.3 is 5.69 Å². The molecule has 1 aromatic carbocycles. The number of aryl methyl sites for hydroxylation is 1. The Morgan fingerprint density at radius 2 is 2.00 bits per heavy atom. The molecule has 4 heterocycles. The number of rotatable bonds is 5. The zero-order chi connectivity index (χ0) is 23.9. The summed E-state index contributed by atoms with van der Waals surface area (Å²) in [6, 6.07) is 6.92. The van der Waals surface area contributed by atoms with E-state index in [9.17, 15) is 13.6 Å². The van der Waals surface area contributed by atoms with Gasteiger partial charge in [-0.1, -0.05) is 0 Å². The van der Waals surface area contributed by atoms with Gasteiger partial charge in [-0.25, -0.2) is 13.6 Å². The van der Waals surface area contributed by atoms with Crippen LogP contribution >= 0.6 is 0 Å². The van der Waals surface area contributed by atoms with Crippen LogP contribution in [0.15, 0.2) is 41.3 Å². The summed E-state index contributed by atoms with van der Waals surface area (Å²) in [5.74, 6) is -1.39. The van der Waals surface area contributed by atoms with E-state index in [1.807, 2.05) is 4.90 Å². The first-order valence-electron chi connectivity index (χ1n) is 10.8. The number of ether oxygens (including phenoxy) is 3. The van der Waals surface area contributed by atoms with Gasteiger partial charge in [0, 0.05) is 43.5 Å². The van der Waals surface area contributed by atoms with Crippen LogP contribution < -0.4 is 25.8 Å².